The van der Waals surface area contributed by atoms with E-state index in [0.717, 1.165) is 38.5 Å². The van der Waals surface area contributed by atoms with Gasteiger partial charge in [0.1, 0.15) is 12.6 Å². The van der Waals surface area contributed by atoms with Gasteiger partial charge in [0.2, 0.25) is 11.8 Å². The van der Waals surface area contributed by atoms with Crippen molar-refractivity contribution in [3.05, 3.63) is 24.3 Å². The lowest BCUT2D eigenvalue weighted by atomic mass is 9.78. The number of carbonyl (C=O) groups excluding carboxylic acids is 3. The lowest BCUT2D eigenvalue weighted by Gasteiger charge is -2.39. The van der Waals surface area contributed by atoms with Crippen LogP contribution in [-0.4, -0.2) is 81.1 Å². The molecule has 8 heteroatoms. The fourth-order valence-corrected chi connectivity index (χ4v) is 8.52. The first kappa shape index (κ1) is 23.0. The van der Waals surface area contributed by atoms with E-state index >= 15 is 0 Å². The number of nitrogens with zero attached hydrogens (tertiary/aromatic N) is 2. The van der Waals surface area contributed by atoms with Gasteiger partial charge in [-0.1, -0.05) is 43.6 Å². The van der Waals surface area contributed by atoms with Crippen LogP contribution in [0.15, 0.2) is 24.3 Å². The van der Waals surface area contributed by atoms with Gasteiger partial charge >= 0.3 is 5.97 Å². The van der Waals surface area contributed by atoms with Gasteiger partial charge in [-0.25, -0.2) is 0 Å². The zero-order chi connectivity index (χ0) is 23.0. The second-order valence-electron chi connectivity index (χ2n) is 9.90. The first-order valence-corrected chi connectivity index (χ1v) is 13.4. The summed E-state index contributed by atoms with van der Waals surface area (Å²) >= 11 is 1.61. The highest BCUT2D eigenvalue weighted by molar-refractivity contribution is 8.02. The first-order valence-electron chi connectivity index (χ1n) is 12.5. The first-order chi connectivity index (χ1) is 16.1. The van der Waals surface area contributed by atoms with E-state index in [2.05, 4.69) is 12.2 Å². The molecule has 4 heterocycles. The smallest absolute Gasteiger partial charge is 0.311 e. The number of ether oxygens (including phenoxy) is 1. The minimum absolute atomic E-state index is 0.0335. The molecule has 2 amide bonds. The van der Waals surface area contributed by atoms with Gasteiger partial charge < -0.3 is 19.6 Å². The third-order valence-electron chi connectivity index (χ3n) is 8.02. The predicted octanol–water partition coefficient (Wildman–Crippen LogP) is 2.29. The van der Waals surface area contributed by atoms with Crippen molar-refractivity contribution < 1.29 is 24.2 Å². The highest BCUT2D eigenvalue weighted by Crippen LogP contribution is 2.61. The van der Waals surface area contributed by atoms with Gasteiger partial charge in [0, 0.05) is 31.0 Å². The molecule has 0 bridgehead atoms. The summed E-state index contributed by atoms with van der Waals surface area (Å²) in [5.74, 6) is -1.55. The SMILES string of the molecule is O=C1OCC=C[C@@H]2S[C@]34C=CCN(C5CCCCC5)C(=O)C3N(CCCCCO)C(=O)[C@@H]4[C@H]12. The average Bonchev–Trinajstić information content (AvgIpc) is 3.11. The van der Waals surface area contributed by atoms with Gasteiger partial charge in [0.05, 0.1) is 16.6 Å². The number of thioether (sulfide) groups is 1. The minimum Gasteiger partial charge on any atom is -0.461 e. The highest BCUT2D eigenvalue weighted by atomic mass is 32.2. The molecule has 1 aliphatic carbocycles. The van der Waals surface area contributed by atoms with E-state index in [9.17, 15) is 14.4 Å². The molecule has 0 aromatic rings. The maximum absolute atomic E-state index is 14.2. The van der Waals surface area contributed by atoms with Gasteiger partial charge in [0.15, 0.2) is 0 Å². The summed E-state index contributed by atoms with van der Waals surface area (Å²) in [4.78, 5) is 44.8. The fraction of sp³-hybridized carbons (Fsp3) is 0.720. The lowest BCUT2D eigenvalue weighted by molar-refractivity contribution is -0.151. The molecule has 7 nitrogen and oxygen atoms in total. The largest absolute Gasteiger partial charge is 0.461 e. The molecule has 5 atom stereocenters. The molecule has 4 aliphatic heterocycles. The Morgan fingerprint density at radius 3 is 2.67 bits per heavy atom. The second kappa shape index (κ2) is 9.45. The van der Waals surface area contributed by atoms with Gasteiger partial charge in [-0.15, -0.1) is 11.8 Å². The van der Waals surface area contributed by atoms with Crippen LogP contribution in [0.2, 0.25) is 0 Å². The Hall–Kier alpha value is -1.80. The molecule has 2 saturated heterocycles. The van der Waals surface area contributed by atoms with Crippen molar-refractivity contribution >= 4 is 29.5 Å². The monoisotopic (exact) mass is 474 g/mol. The zero-order valence-electron chi connectivity index (χ0n) is 19.1. The molecule has 0 aromatic carbocycles. The van der Waals surface area contributed by atoms with Crippen LogP contribution in [0.5, 0.6) is 0 Å². The summed E-state index contributed by atoms with van der Waals surface area (Å²) in [5, 5.41) is 9.00. The van der Waals surface area contributed by atoms with Crippen molar-refractivity contribution in [3.8, 4) is 0 Å². The molecule has 5 aliphatic rings. The Bertz CT molecular complexity index is 854. The molecular weight excluding hydrogens is 440 g/mol. The molecule has 1 unspecified atom stereocenters. The normalized spacial score (nSPS) is 36.3. The molecule has 5 rings (SSSR count). The zero-order valence-corrected chi connectivity index (χ0v) is 19.9. The summed E-state index contributed by atoms with van der Waals surface area (Å²) in [6, 6.07) is -0.374. The van der Waals surface area contributed by atoms with Gasteiger partial charge in [0.25, 0.3) is 0 Å². The van der Waals surface area contributed by atoms with E-state index < -0.39 is 22.6 Å². The van der Waals surface area contributed by atoms with Crippen molar-refractivity contribution in [1.82, 2.24) is 9.80 Å². The number of cyclic esters (lactones) is 1. The number of carbonyl (C=O) groups is 3. The van der Waals surface area contributed by atoms with Gasteiger partial charge in [-0.2, -0.15) is 0 Å². The summed E-state index contributed by atoms with van der Waals surface area (Å²) in [7, 11) is 0. The lowest BCUT2D eigenvalue weighted by Crippen LogP contribution is -2.55. The van der Waals surface area contributed by atoms with E-state index in [0.29, 0.717) is 19.5 Å². The van der Waals surface area contributed by atoms with Crippen LogP contribution in [0.1, 0.15) is 51.4 Å². The number of hydrogen-bond acceptors (Lipinski definition) is 6. The van der Waals surface area contributed by atoms with Gasteiger partial charge in [-0.3, -0.25) is 14.4 Å². The Labute approximate surface area is 199 Å². The van der Waals surface area contributed by atoms with Crippen molar-refractivity contribution in [2.45, 2.75) is 73.4 Å². The fourth-order valence-electron chi connectivity index (χ4n) is 6.52. The maximum Gasteiger partial charge on any atom is 0.311 e. The Balaban J connectivity index is 1.51. The maximum atomic E-state index is 14.2. The van der Waals surface area contributed by atoms with Crippen molar-refractivity contribution in [1.29, 1.82) is 0 Å². The molecule has 1 saturated carbocycles. The molecule has 0 aromatic heterocycles. The standard InChI is InChI=1S/C25H34N2O5S/c28-15-6-2-5-13-27-21-23(30)26(17-9-3-1-4-10-17)14-8-12-25(21)20(22(27)29)19-18(33-25)11-7-16-32-24(19)31/h7-8,11-12,17-21,28H,1-6,9-10,13-16H2/t18-,19+,20-,21?,25-/m0/s1. The van der Waals surface area contributed by atoms with Crippen molar-refractivity contribution in [3.63, 3.8) is 0 Å². The molecule has 1 N–H and O–H groups in total. The number of rotatable bonds is 6. The van der Waals surface area contributed by atoms with E-state index in [1.54, 1.807) is 16.7 Å². The quantitative estimate of drug-likeness (QED) is 0.361. The summed E-state index contributed by atoms with van der Waals surface area (Å²) in [6.07, 6.45) is 15.7. The number of likely N-dealkylation sites (tertiary alicyclic amines) is 1. The Morgan fingerprint density at radius 2 is 1.88 bits per heavy atom. The molecular formula is C25H34N2O5S. The summed E-state index contributed by atoms with van der Waals surface area (Å²) in [5.41, 5.74) is 0. The van der Waals surface area contributed by atoms with Crippen LogP contribution < -0.4 is 0 Å². The number of amides is 2. The van der Waals surface area contributed by atoms with Crippen molar-refractivity contribution in [2.24, 2.45) is 11.8 Å². The Morgan fingerprint density at radius 1 is 1.06 bits per heavy atom. The molecule has 3 fully saturated rings. The van der Waals surface area contributed by atoms with Crippen LogP contribution in [0.25, 0.3) is 0 Å². The van der Waals surface area contributed by atoms with E-state index in [-0.39, 0.29) is 42.3 Å². The number of unbranched alkanes of at least 4 members (excludes halogenated alkanes) is 2. The number of esters is 1. The van der Waals surface area contributed by atoms with E-state index in [1.807, 2.05) is 17.1 Å². The third kappa shape index (κ3) is 3.83. The summed E-state index contributed by atoms with van der Waals surface area (Å²) in [6.45, 7) is 1.40. The number of aliphatic hydroxyl groups is 1. The van der Waals surface area contributed by atoms with Crippen LogP contribution >= 0.6 is 11.8 Å². The number of hydrogen-bond donors (Lipinski definition) is 1. The second-order valence-corrected chi connectivity index (χ2v) is 11.4. The third-order valence-corrected chi connectivity index (χ3v) is 9.76. The molecule has 1 spiro atoms. The number of fused-ring (bicyclic) bond motifs is 2. The van der Waals surface area contributed by atoms with Crippen molar-refractivity contribution in [2.75, 3.05) is 26.3 Å². The van der Waals surface area contributed by atoms with Gasteiger partial charge in [-0.05, 0) is 32.1 Å². The molecule has 180 valence electrons. The molecule has 33 heavy (non-hydrogen) atoms. The van der Waals surface area contributed by atoms with Crippen LogP contribution in [0, 0.1) is 11.8 Å². The minimum atomic E-state index is -0.745. The highest BCUT2D eigenvalue weighted by Gasteiger charge is 2.71. The predicted molar refractivity (Wildman–Crippen MR) is 125 cm³/mol. The topological polar surface area (TPSA) is 87.2 Å². The average molecular weight is 475 g/mol. The number of aliphatic hydroxyl groups excluding tert-OH is 1. The van der Waals surface area contributed by atoms with Crippen LogP contribution in [-0.2, 0) is 19.1 Å². The molecule has 0 radical (unpaired) electrons. The van der Waals surface area contributed by atoms with E-state index in [4.69, 9.17) is 9.84 Å². The van der Waals surface area contributed by atoms with E-state index in [1.165, 1.54) is 6.42 Å². The van der Waals surface area contributed by atoms with Crippen LogP contribution in [0.3, 0.4) is 0 Å². The van der Waals surface area contributed by atoms with Crippen LogP contribution in [0.4, 0.5) is 0 Å². The Kier molecular flexibility index (Phi) is 6.58. The summed E-state index contributed by atoms with van der Waals surface area (Å²) < 4.78 is 4.67.